The van der Waals surface area contributed by atoms with Gasteiger partial charge in [-0.15, -0.1) is 11.3 Å². The standard InChI is InChI=1S/C18H20N2O2S2/c1-11-10-23-18(19-11)24-14(4)17(21)16-8-12(2)20(13(16)3)9-15-6-5-7-22-15/h5-8,10,14H,9H2,1-4H3/t14-/m1/s1. The van der Waals surface area contributed by atoms with E-state index in [0.29, 0.717) is 6.54 Å². The molecule has 0 radical (unpaired) electrons. The molecule has 0 fully saturated rings. The van der Waals surface area contributed by atoms with Gasteiger partial charge in [0.25, 0.3) is 0 Å². The Morgan fingerprint density at radius 1 is 1.42 bits per heavy atom. The first kappa shape index (κ1) is 17.0. The monoisotopic (exact) mass is 360 g/mol. The van der Waals surface area contributed by atoms with Crippen molar-refractivity contribution < 1.29 is 9.21 Å². The lowest BCUT2D eigenvalue weighted by Crippen LogP contribution is -2.14. The van der Waals surface area contributed by atoms with Gasteiger partial charge >= 0.3 is 0 Å². The highest BCUT2D eigenvalue weighted by atomic mass is 32.2. The van der Waals surface area contributed by atoms with Crippen molar-refractivity contribution >= 4 is 28.9 Å². The van der Waals surface area contributed by atoms with E-state index in [1.165, 1.54) is 11.8 Å². The maximum atomic E-state index is 12.9. The largest absolute Gasteiger partial charge is 0.467 e. The summed E-state index contributed by atoms with van der Waals surface area (Å²) in [6.45, 7) is 8.58. The predicted molar refractivity (Wildman–Crippen MR) is 98.2 cm³/mol. The molecule has 0 N–H and O–H groups in total. The van der Waals surface area contributed by atoms with Gasteiger partial charge in [-0.1, -0.05) is 11.8 Å². The molecule has 3 aromatic rings. The molecule has 4 nitrogen and oxygen atoms in total. The van der Waals surface area contributed by atoms with E-state index in [0.717, 1.165) is 32.7 Å². The number of carbonyl (C=O) groups excluding carboxylic acids is 1. The van der Waals surface area contributed by atoms with Gasteiger partial charge < -0.3 is 8.98 Å². The topological polar surface area (TPSA) is 48.0 Å². The number of aryl methyl sites for hydroxylation is 2. The lowest BCUT2D eigenvalue weighted by molar-refractivity contribution is 0.0993. The zero-order chi connectivity index (χ0) is 17.3. The van der Waals surface area contributed by atoms with Gasteiger partial charge in [-0.25, -0.2) is 4.98 Å². The molecular weight excluding hydrogens is 340 g/mol. The van der Waals surface area contributed by atoms with E-state index >= 15 is 0 Å². The molecule has 3 aromatic heterocycles. The summed E-state index contributed by atoms with van der Waals surface area (Å²) >= 11 is 3.11. The van der Waals surface area contributed by atoms with Crippen molar-refractivity contribution in [2.45, 2.75) is 43.8 Å². The smallest absolute Gasteiger partial charge is 0.177 e. The second-order valence-electron chi connectivity index (χ2n) is 5.83. The average Bonchev–Trinajstić information content (AvgIpc) is 3.25. The number of ketones is 1. The molecule has 0 unspecified atom stereocenters. The molecular formula is C18H20N2O2S2. The van der Waals surface area contributed by atoms with E-state index < -0.39 is 0 Å². The summed E-state index contributed by atoms with van der Waals surface area (Å²) < 4.78 is 8.49. The van der Waals surface area contributed by atoms with Crippen LogP contribution < -0.4 is 0 Å². The van der Waals surface area contributed by atoms with Crippen molar-refractivity contribution in [2.24, 2.45) is 0 Å². The molecule has 0 saturated carbocycles. The molecule has 6 heteroatoms. The number of rotatable bonds is 6. The number of furan rings is 1. The van der Waals surface area contributed by atoms with Gasteiger partial charge in [0.15, 0.2) is 10.1 Å². The number of thiazole rings is 1. The summed E-state index contributed by atoms with van der Waals surface area (Å²) in [7, 11) is 0. The highest BCUT2D eigenvalue weighted by Gasteiger charge is 2.23. The Morgan fingerprint density at radius 2 is 2.21 bits per heavy atom. The van der Waals surface area contributed by atoms with Crippen LogP contribution in [-0.4, -0.2) is 20.6 Å². The Labute approximate surface area is 149 Å². The van der Waals surface area contributed by atoms with E-state index in [9.17, 15) is 4.79 Å². The predicted octanol–water partition coefficient (Wildman–Crippen LogP) is 4.87. The molecule has 0 aliphatic rings. The quantitative estimate of drug-likeness (QED) is 0.464. The van der Waals surface area contributed by atoms with Crippen LogP contribution >= 0.6 is 23.1 Å². The molecule has 3 heterocycles. The highest BCUT2D eigenvalue weighted by molar-refractivity contribution is 8.02. The van der Waals surface area contributed by atoms with Crippen LogP contribution in [0.5, 0.6) is 0 Å². The second kappa shape index (κ2) is 6.99. The average molecular weight is 361 g/mol. The minimum atomic E-state index is -0.159. The van der Waals surface area contributed by atoms with Crippen molar-refractivity contribution in [3.8, 4) is 0 Å². The number of nitrogens with zero attached hydrogens (tertiary/aromatic N) is 2. The molecule has 1 atom stereocenters. The van der Waals surface area contributed by atoms with Crippen LogP contribution in [-0.2, 0) is 6.54 Å². The first-order valence-electron chi connectivity index (χ1n) is 7.78. The molecule has 24 heavy (non-hydrogen) atoms. The van der Waals surface area contributed by atoms with Crippen molar-refractivity contribution in [1.82, 2.24) is 9.55 Å². The summed E-state index contributed by atoms with van der Waals surface area (Å²) in [6, 6.07) is 5.80. The summed E-state index contributed by atoms with van der Waals surface area (Å²) in [5, 5.41) is 1.85. The first-order chi connectivity index (χ1) is 11.5. The number of carbonyl (C=O) groups is 1. The first-order valence-corrected chi connectivity index (χ1v) is 9.53. The number of aromatic nitrogens is 2. The zero-order valence-corrected chi connectivity index (χ0v) is 15.8. The Morgan fingerprint density at radius 3 is 2.83 bits per heavy atom. The van der Waals surface area contributed by atoms with Gasteiger partial charge in [0.2, 0.25) is 0 Å². The van der Waals surface area contributed by atoms with Gasteiger partial charge in [0, 0.05) is 28.0 Å². The molecule has 126 valence electrons. The Kier molecular flexibility index (Phi) is 4.96. The third kappa shape index (κ3) is 3.49. The Bertz CT molecular complexity index is 847. The van der Waals surface area contributed by atoms with Crippen LogP contribution in [0, 0.1) is 20.8 Å². The zero-order valence-electron chi connectivity index (χ0n) is 14.2. The number of thioether (sulfide) groups is 1. The van der Waals surface area contributed by atoms with E-state index in [1.807, 2.05) is 51.3 Å². The van der Waals surface area contributed by atoms with Crippen LogP contribution in [0.25, 0.3) is 0 Å². The van der Waals surface area contributed by atoms with E-state index in [1.54, 1.807) is 17.6 Å². The summed E-state index contributed by atoms with van der Waals surface area (Å²) in [5.41, 5.74) is 3.83. The maximum absolute atomic E-state index is 12.9. The van der Waals surface area contributed by atoms with Gasteiger partial charge in [-0.3, -0.25) is 4.79 Å². The van der Waals surface area contributed by atoms with Crippen LogP contribution in [0.4, 0.5) is 0 Å². The number of Topliss-reactive ketones (excluding diaryl/α,β-unsaturated/α-hetero) is 1. The highest BCUT2D eigenvalue weighted by Crippen LogP contribution is 2.30. The van der Waals surface area contributed by atoms with Crippen molar-refractivity contribution in [1.29, 1.82) is 0 Å². The normalized spacial score (nSPS) is 12.5. The van der Waals surface area contributed by atoms with Crippen molar-refractivity contribution in [3.05, 3.63) is 58.2 Å². The lowest BCUT2D eigenvalue weighted by Gasteiger charge is -2.10. The molecule has 0 aliphatic carbocycles. The molecule has 0 amide bonds. The molecule has 3 rings (SSSR count). The minimum Gasteiger partial charge on any atom is -0.467 e. The molecule has 0 aromatic carbocycles. The fourth-order valence-electron chi connectivity index (χ4n) is 2.66. The Hall–Kier alpha value is -1.79. The third-order valence-electron chi connectivity index (χ3n) is 3.98. The molecule has 0 saturated heterocycles. The third-order valence-corrected chi connectivity index (χ3v) is 6.17. The summed E-state index contributed by atoms with van der Waals surface area (Å²) in [6.07, 6.45) is 1.67. The van der Waals surface area contributed by atoms with Crippen molar-refractivity contribution in [2.75, 3.05) is 0 Å². The number of hydrogen-bond donors (Lipinski definition) is 0. The maximum Gasteiger partial charge on any atom is 0.177 e. The van der Waals surface area contributed by atoms with Crippen LogP contribution in [0.3, 0.4) is 0 Å². The summed E-state index contributed by atoms with van der Waals surface area (Å²) in [5.74, 6) is 1.03. The second-order valence-corrected chi connectivity index (χ2v) is 8.28. The van der Waals surface area contributed by atoms with E-state index in [4.69, 9.17) is 4.42 Å². The fourth-order valence-corrected chi connectivity index (χ4v) is 4.72. The molecule has 0 spiro atoms. The molecule has 0 bridgehead atoms. The van der Waals surface area contributed by atoms with Gasteiger partial charge in [-0.2, -0.15) is 0 Å². The molecule has 0 aliphatic heterocycles. The van der Waals surface area contributed by atoms with Gasteiger partial charge in [0.05, 0.1) is 18.1 Å². The lowest BCUT2D eigenvalue weighted by atomic mass is 10.1. The fraction of sp³-hybridized carbons (Fsp3) is 0.333. The Balaban J connectivity index is 1.79. The number of hydrogen-bond acceptors (Lipinski definition) is 5. The van der Waals surface area contributed by atoms with Crippen LogP contribution in [0.2, 0.25) is 0 Å². The van der Waals surface area contributed by atoms with E-state index in [2.05, 4.69) is 9.55 Å². The summed E-state index contributed by atoms with van der Waals surface area (Å²) in [4.78, 5) is 17.3. The van der Waals surface area contributed by atoms with Gasteiger partial charge in [0.1, 0.15) is 5.76 Å². The minimum absolute atomic E-state index is 0.145. The van der Waals surface area contributed by atoms with E-state index in [-0.39, 0.29) is 11.0 Å². The SMILES string of the molecule is Cc1csc(S[C@H](C)C(=O)c2cc(C)n(Cc3ccco3)c2C)n1. The van der Waals surface area contributed by atoms with Crippen LogP contribution in [0.15, 0.2) is 38.6 Å². The van der Waals surface area contributed by atoms with Crippen LogP contribution in [0.1, 0.15) is 40.1 Å². The van der Waals surface area contributed by atoms with Gasteiger partial charge in [-0.05, 0) is 45.9 Å². The van der Waals surface area contributed by atoms with Crippen molar-refractivity contribution in [3.63, 3.8) is 0 Å².